The van der Waals surface area contributed by atoms with Gasteiger partial charge in [0.25, 0.3) is 0 Å². The average molecular weight is 292 g/mol. The topological polar surface area (TPSA) is 68.0 Å². The van der Waals surface area contributed by atoms with E-state index in [1.807, 2.05) is 6.92 Å². The van der Waals surface area contributed by atoms with Gasteiger partial charge in [0.15, 0.2) is 0 Å². The number of nitrogens with two attached hydrogens (primary N) is 1. The molecule has 0 spiro atoms. The molecule has 0 radical (unpaired) electrons. The number of anilines is 2. The summed E-state index contributed by atoms with van der Waals surface area (Å²) in [5, 5.41) is 3.11. The molecule has 1 aromatic heterocycles. The van der Waals surface area contributed by atoms with E-state index >= 15 is 0 Å². The zero-order valence-electron chi connectivity index (χ0n) is 8.71. The molecule has 15 heavy (non-hydrogen) atoms. The Balaban J connectivity index is 2.70. The van der Waals surface area contributed by atoms with Crippen LogP contribution in [0.5, 0.6) is 0 Å². The summed E-state index contributed by atoms with van der Waals surface area (Å²) in [4.78, 5) is 4.15. The average Bonchev–Trinajstić information content (AvgIpc) is 2.18. The number of nitrogens with one attached hydrogen (secondary N) is 1. The molecule has 0 bridgehead atoms. The Kier molecular flexibility index (Phi) is 4.53. The molecule has 0 aliphatic rings. The Hall–Kier alpha value is -0.620. The number of rotatable bonds is 4. The van der Waals surface area contributed by atoms with Gasteiger partial charge in [-0.25, -0.2) is 4.98 Å². The number of nitrogens with zero attached hydrogens (tertiary/aromatic N) is 1. The van der Waals surface area contributed by atoms with Crippen LogP contribution in [-0.2, 0) is 10.8 Å². The van der Waals surface area contributed by atoms with Crippen LogP contribution in [-0.4, -0.2) is 27.7 Å². The standard InChI is InChI=1S/C9H14BrN3OS/c1-6-7(11)5-13-9(8(6)10)12-3-4-15(2)14/h5H,3-4,11H2,1-2H3,(H,12,13). The Morgan fingerprint density at radius 2 is 2.33 bits per heavy atom. The van der Waals surface area contributed by atoms with E-state index in [1.165, 1.54) is 0 Å². The first kappa shape index (κ1) is 12.4. The minimum Gasteiger partial charge on any atom is -0.397 e. The number of hydrogen-bond donors (Lipinski definition) is 2. The molecule has 0 aromatic carbocycles. The minimum atomic E-state index is -0.786. The van der Waals surface area contributed by atoms with Crippen molar-refractivity contribution in [2.75, 3.05) is 29.6 Å². The van der Waals surface area contributed by atoms with Crippen molar-refractivity contribution in [1.29, 1.82) is 0 Å². The van der Waals surface area contributed by atoms with E-state index in [2.05, 4.69) is 26.2 Å². The predicted molar refractivity (Wildman–Crippen MR) is 68.5 cm³/mol. The van der Waals surface area contributed by atoms with Crippen LogP contribution in [0, 0.1) is 6.92 Å². The Bertz CT molecular complexity index is 384. The van der Waals surface area contributed by atoms with Gasteiger partial charge in [0.05, 0.1) is 16.4 Å². The maximum absolute atomic E-state index is 10.9. The zero-order valence-corrected chi connectivity index (χ0v) is 11.1. The van der Waals surface area contributed by atoms with E-state index in [0.29, 0.717) is 18.0 Å². The SMILES string of the molecule is Cc1c(N)cnc(NCCS(C)=O)c1Br. The molecular formula is C9H14BrN3OS. The molecule has 84 valence electrons. The van der Waals surface area contributed by atoms with Crippen molar-refractivity contribution in [3.8, 4) is 0 Å². The molecule has 0 amide bonds. The fourth-order valence-corrected chi connectivity index (χ4v) is 1.89. The first-order valence-corrected chi connectivity index (χ1v) is 6.99. The summed E-state index contributed by atoms with van der Waals surface area (Å²) in [6.07, 6.45) is 3.30. The molecule has 3 N–H and O–H groups in total. The zero-order chi connectivity index (χ0) is 11.4. The van der Waals surface area contributed by atoms with Crippen LogP contribution in [0.4, 0.5) is 11.5 Å². The summed E-state index contributed by atoms with van der Waals surface area (Å²) in [6, 6.07) is 0. The van der Waals surface area contributed by atoms with Gasteiger partial charge in [-0.15, -0.1) is 0 Å². The Labute approximate surface area is 100 Å². The van der Waals surface area contributed by atoms with Crippen LogP contribution >= 0.6 is 15.9 Å². The van der Waals surface area contributed by atoms with Crippen molar-refractivity contribution in [2.24, 2.45) is 0 Å². The van der Waals surface area contributed by atoms with E-state index in [0.717, 1.165) is 15.9 Å². The summed E-state index contributed by atoms with van der Waals surface area (Å²) >= 11 is 3.42. The fraction of sp³-hybridized carbons (Fsp3) is 0.444. The summed E-state index contributed by atoms with van der Waals surface area (Å²) in [6.45, 7) is 2.56. The monoisotopic (exact) mass is 291 g/mol. The summed E-state index contributed by atoms with van der Waals surface area (Å²) in [7, 11) is -0.786. The van der Waals surface area contributed by atoms with E-state index in [1.54, 1.807) is 12.5 Å². The number of halogens is 1. The largest absolute Gasteiger partial charge is 0.397 e. The third-order valence-electron chi connectivity index (χ3n) is 1.98. The number of nitrogen functional groups attached to an aromatic ring is 1. The van der Waals surface area contributed by atoms with Gasteiger partial charge in [-0.3, -0.25) is 4.21 Å². The van der Waals surface area contributed by atoms with E-state index in [-0.39, 0.29) is 0 Å². The minimum absolute atomic E-state index is 0.609. The summed E-state index contributed by atoms with van der Waals surface area (Å²) in [5.41, 5.74) is 7.32. The van der Waals surface area contributed by atoms with E-state index in [4.69, 9.17) is 5.73 Å². The van der Waals surface area contributed by atoms with Crippen molar-refractivity contribution in [3.05, 3.63) is 16.2 Å². The van der Waals surface area contributed by atoms with Gasteiger partial charge < -0.3 is 11.1 Å². The molecular weight excluding hydrogens is 278 g/mol. The molecule has 1 heterocycles. The van der Waals surface area contributed by atoms with Gasteiger partial charge in [0.2, 0.25) is 0 Å². The second-order valence-electron chi connectivity index (χ2n) is 3.21. The van der Waals surface area contributed by atoms with Gasteiger partial charge in [-0.2, -0.15) is 0 Å². The fourth-order valence-electron chi connectivity index (χ4n) is 1.03. The first-order chi connectivity index (χ1) is 7.02. The molecule has 0 aliphatic carbocycles. The van der Waals surface area contributed by atoms with Crippen LogP contribution in [0.15, 0.2) is 10.7 Å². The Morgan fingerprint density at radius 3 is 2.93 bits per heavy atom. The van der Waals surface area contributed by atoms with Crippen molar-refractivity contribution in [3.63, 3.8) is 0 Å². The van der Waals surface area contributed by atoms with Gasteiger partial charge in [0.1, 0.15) is 5.82 Å². The molecule has 0 saturated heterocycles. The lowest BCUT2D eigenvalue weighted by Gasteiger charge is -2.09. The van der Waals surface area contributed by atoms with Crippen molar-refractivity contribution >= 4 is 38.2 Å². The van der Waals surface area contributed by atoms with Crippen LogP contribution in [0.2, 0.25) is 0 Å². The highest BCUT2D eigenvalue weighted by atomic mass is 79.9. The van der Waals surface area contributed by atoms with Crippen molar-refractivity contribution in [1.82, 2.24) is 4.98 Å². The maximum Gasteiger partial charge on any atom is 0.140 e. The molecule has 1 atom stereocenters. The molecule has 0 saturated carbocycles. The molecule has 4 nitrogen and oxygen atoms in total. The predicted octanol–water partition coefficient (Wildman–Crippen LogP) is 1.53. The number of aromatic nitrogens is 1. The smallest absolute Gasteiger partial charge is 0.140 e. The lowest BCUT2D eigenvalue weighted by Crippen LogP contribution is -2.11. The molecule has 1 unspecified atom stereocenters. The third-order valence-corrected chi connectivity index (χ3v) is 3.73. The highest BCUT2D eigenvalue weighted by Crippen LogP contribution is 2.27. The first-order valence-electron chi connectivity index (χ1n) is 4.47. The second-order valence-corrected chi connectivity index (χ2v) is 5.55. The molecule has 1 rings (SSSR count). The summed E-state index contributed by atoms with van der Waals surface area (Å²) < 4.78 is 11.7. The van der Waals surface area contributed by atoms with Crippen LogP contribution in [0.25, 0.3) is 0 Å². The van der Waals surface area contributed by atoms with Gasteiger partial charge in [0, 0.05) is 29.4 Å². The number of hydrogen-bond acceptors (Lipinski definition) is 4. The van der Waals surface area contributed by atoms with Gasteiger partial charge >= 0.3 is 0 Å². The third kappa shape index (κ3) is 3.46. The lowest BCUT2D eigenvalue weighted by molar-refractivity contribution is 0.687. The maximum atomic E-state index is 10.9. The second kappa shape index (κ2) is 5.46. The Morgan fingerprint density at radius 1 is 1.67 bits per heavy atom. The molecule has 0 aliphatic heterocycles. The van der Waals surface area contributed by atoms with Crippen molar-refractivity contribution in [2.45, 2.75) is 6.92 Å². The normalized spacial score (nSPS) is 12.5. The van der Waals surface area contributed by atoms with Gasteiger partial charge in [-0.05, 0) is 28.4 Å². The van der Waals surface area contributed by atoms with Crippen LogP contribution in [0.3, 0.4) is 0 Å². The van der Waals surface area contributed by atoms with Crippen LogP contribution in [0.1, 0.15) is 5.56 Å². The van der Waals surface area contributed by atoms with E-state index < -0.39 is 10.8 Å². The quantitative estimate of drug-likeness (QED) is 0.883. The van der Waals surface area contributed by atoms with Crippen LogP contribution < -0.4 is 11.1 Å². The highest BCUT2D eigenvalue weighted by molar-refractivity contribution is 9.10. The molecule has 6 heteroatoms. The number of pyridine rings is 1. The van der Waals surface area contributed by atoms with Crippen molar-refractivity contribution < 1.29 is 4.21 Å². The molecule has 0 fully saturated rings. The lowest BCUT2D eigenvalue weighted by atomic mass is 10.2. The van der Waals surface area contributed by atoms with E-state index in [9.17, 15) is 4.21 Å². The van der Waals surface area contributed by atoms with Gasteiger partial charge in [-0.1, -0.05) is 0 Å². The highest BCUT2D eigenvalue weighted by Gasteiger charge is 2.06. The summed E-state index contributed by atoms with van der Waals surface area (Å²) in [5.74, 6) is 1.35. The molecule has 1 aromatic rings.